The van der Waals surface area contributed by atoms with E-state index in [1.165, 1.54) is 12.1 Å². The lowest BCUT2D eigenvalue weighted by Crippen LogP contribution is -2.06. The van der Waals surface area contributed by atoms with Crippen molar-refractivity contribution in [2.24, 2.45) is 0 Å². The van der Waals surface area contributed by atoms with Gasteiger partial charge in [-0.3, -0.25) is 0 Å². The Hall–Kier alpha value is -2.44. The number of carboxylic acid groups (broad SMARTS) is 1. The van der Waals surface area contributed by atoms with Crippen LogP contribution in [0.1, 0.15) is 40.5 Å². The summed E-state index contributed by atoms with van der Waals surface area (Å²) in [6.45, 7) is -1.22. The molecular weight excluding hydrogens is 294 g/mol. The van der Waals surface area contributed by atoms with E-state index in [0.29, 0.717) is 17.1 Å². The Labute approximate surface area is 125 Å². The zero-order chi connectivity index (χ0) is 15.9. The summed E-state index contributed by atoms with van der Waals surface area (Å²) in [5.74, 6) is -0.762. The van der Waals surface area contributed by atoms with Crippen molar-refractivity contribution in [3.8, 4) is 11.4 Å². The average Bonchev–Trinajstić information content (AvgIpc) is 3.22. The number of rotatable bonds is 5. The molecule has 0 amide bonds. The van der Waals surface area contributed by atoms with Gasteiger partial charge in [-0.2, -0.15) is 13.9 Å². The number of alkyl halides is 2. The number of carbonyl (C=O) groups is 1. The monoisotopic (exact) mass is 308 g/mol. The van der Waals surface area contributed by atoms with Crippen LogP contribution in [0, 0.1) is 6.92 Å². The van der Waals surface area contributed by atoms with Gasteiger partial charge in [-0.1, -0.05) is 0 Å². The first-order valence-corrected chi connectivity index (χ1v) is 6.85. The van der Waals surface area contributed by atoms with Gasteiger partial charge >= 0.3 is 12.6 Å². The van der Waals surface area contributed by atoms with Gasteiger partial charge in [0.25, 0.3) is 0 Å². The van der Waals surface area contributed by atoms with Crippen LogP contribution in [-0.4, -0.2) is 27.5 Å². The Bertz CT molecular complexity index is 706. The van der Waals surface area contributed by atoms with Gasteiger partial charge < -0.3 is 9.84 Å². The summed E-state index contributed by atoms with van der Waals surface area (Å²) in [6.07, 6.45) is 1.86. The maximum atomic E-state index is 12.2. The molecule has 0 radical (unpaired) electrons. The standard InChI is InChI=1S/C15H14F2N2O3/c1-8-12(14(20)21)13(9-2-3-9)19(18-8)10-4-6-11(7-5-10)22-15(16)17/h4-7,9,15H,2-3H2,1H3,(H,20,21). The van der Waals surface area contributed by atoms with Gasteiger partial charge in [0.05, 0.1) is 17.1 Å². The third-order valence-electron chi connectivity index (χ3n) is 3.58. The largest absolute Gasteiger partial charge is 0.478 e. The molecule has 0 spiro atoms. The summed E-state index contributed by atoms with van der Waals surface area (Å²) in [4.78, 5) is 11.4. The smallest absolute Gasteiger partial charge is 0.387 e. The molecule has 1 heterocycles. The number of nitrogens with zero attached hydrogens (tertiary/aromatic N) is 2. The fraction of sp³-hybridized carbons (Fsp3) is 0.333. The predicted molar refractivity (Wildman–Crippen MR) is 73.9 cm³/mol. The third kappa shape index (κ3) is 2.66. The number of aryl methyl sites for hydroxylation is 1. The first-order valence-electron chi connectivity index (χ1n) is 6.85. The SMILES string of the molecule is Cc1nn(-c2ccc(OC(F)F)cc2)c(C2CC2)c1C(=O)O. The van der Waals surface area contributed by atoms with E-state index < -0.39 is 12.6 Å². The maximum Gasteiger partial charge on any atom is 0.387 e. The van der Waals surface area contributed by atoms with E-state index in [1.54, 1.807) is 23.7 Å². The molecular formula is C15H14F2N2O3. The molecule has 2 aromatic rings. The second-order valence-corrected chi connectivity index (χ2v) is 5.21. The van der Waals surface area contributed by atoms with Crippen LogP contribution in [-0.2, 0) is 0 Å². The molecule has 7 heteroatoms. The zero-order valence-corrected chi connectivity index (χ0v) is 11.8. The minimum absolute atomic E-state index is 0.0501. The molecule has 116 valence electrons. The quantitative estimate of drug-likeness (QED) is 0.920. The minimum Gasteiger partial charge on any atom is -0.478 e. The Morgan fingerprint density at radius 3 is 2.50 bits per heavy atom. The first kappa shape index (κ1) is 14.5. The van der Waals surface area contributed by atoms with Crippen molar-refractivity contribution in [2.45, 2.75) is 32.3 Å². The second kappa shape index (κ2) is 5.40. The van der Waals surface area contributed by atoms with E-state index in [4.69, 9.17) is 0 Å². The number of aromatic nitrogens is 2. The van der Waals surface area contributed by atoms with E-state index in [1.807, 2.05) is 0 Å². The van der Waals surface area contributed by atoms with E-state index in [0.717, 1.165) is 12.8 Å². The minimum atomic E-state index is -2.88. The Balaban J connectivity index is 2.01. The predicted octanol–water partition coefficient (Wildman–Crippen LogP) is 3.36. The van der Waals surface area contributed by atoms with Crippen molar-refractivity contribution in [3.05, 3.63) is 41.2 Å². The van der Waals surface area contributed by atoms with Crippen molar-refractivity contribution < 1.29 is 23.4 Å². The van der Waals surface area contributed by atoms with Gasteiger partial charge in [0, 0.05) is 5.92 Å². The molecule has 1 aliphatic rings. The van der Waals surface area contributed by atoms with Gasteiger partial charge in [-0.25, -0.2) is 9.48 Å². The summed E-state index contributed by atoms with van der Waals surface area (Å²) >= 11 is 0. The molecule has 1 fully saturated rings. The maximum absolute atomic E-state index is 12.2. The number of hydrogen-bond donors (Lipinski definition) is 1. The van der Waals surface area contributed by atoms with Gasteiger partial charge in [0.2, 0.25) is 0 Å². The van der Waals surface area contributed by atoms with Crippen LogP contribution in [0.15, 0.2) is 24.3 Å². The average molecular weight is 308 g/mol. The fourth-order valence-corrected chi connectivity index (χ4v) is 2.51. The first-order chi connectivity index (χ1) is 10.5. The summed E-state index contributed by atoms with van der Waals surface area (Å²) in [5, 5.41) is 13.7. The summed E-state index contributed by atoms with van der Waals surface area (Å²) < 4.78 is 30.2. The number of halogens is 2. The van der Waals surface area contributed by atoms with Crippen LogP contribution >= 0.6 is 0 Å². The van der Waals surface area contributed by atoms with E-state index in [-0.39, 0.29) is 17.2 Å². The van der Waals surface area contributed by atoms with Crippen molar-refractivity contribution in [2.75, 3.05) is 0 Å². The van der Waals surface area contributed by atoms with Gasteiger partial charge in [-0.05, 0) is 44.0 Å². The van der Waals surface area contributed by atoms with Crippen molar-refractivity contribution in [1.29, 1.82) is 0 Å². The topological polar surface area (TPSA) is 64.4 Å². The highest BCUT2D eigenvalue weighted by Gasteiger charge is 2.34. The Morgan fingerprint density at radius 2 is 2.00 bits per heavy atom. The van der Waals surface area contributed by atoms with Gasteiger partial charge in [-0.15, -0.1) is 0 Å². The lowest BCUT2D eigenvalue weighted by atomic mass is 10.1. The van der Waals surface area contributed by atoms with Gasteiger partial charge in [0.1, 0.15) is 11.3 Å². The highest BCUT2D eigenvalue weighted by Crippen LogP contribution is 2.43. The molecule has 1 aromatic carbocycles. The molecule has 0 atom stereocenters. The van der Waals surface area contributed by atoms with Crippen LogP contribution < -0.4 is 4.74 Å². The molecule has 0 unspecified atom stereocenters. The molecule has 1 aromatic heterocycles. The summed E-state index contributed by atoms with van der Waals surface area (Å²) in [6, 6.07) is 5.99. The van der Waals surface area contributed by atoms with E-state index in [9.17, 15) is 18.7 Å². The van der Waals surface area contributed by atoms with E-state index in [2.05, 4.69) is 9.84 Å². The number of benzene rings is 1. The molecule has 1 saturated carbocycles. The highest BCUT2D eigenvalue weighted by molar-refractivity contribution is 5.90. The normalized spacial score (nSPS) is 14.4. The summed E-state index contributed by atoms with van der Waals surface area (Å²) in [7, 11) is 0. The molecule has 0 saturated heterocycles. The van der Waals surface area contributed by atoms with Crippen molar-refractivity contribution in [1.82, 2.24) is 9.78 Å². The molecule has 5 nitrogen and oxygen atoms in total. The van der Waals surface area contributed by atoms with Crippen molar-refractivity contribution >= 4 is 5.97 Å². The molecule has 1 N–H and O–H groups in total. The second-order valence-electron chi connectivity index (χ2n) is 5.21. The number of hydrogen-bond acceptors (Lipinski definition) is 3. The number of aromatic carboxylic acids is 1. The fourth-order valence-electron chi connectivity index (χ4n) is 2.51. The molecule has 22 heavy (non-hydrogen) atoms. The highest BCUT2D eigenvalue weighted by atomic mass is 19.3. The lowest BCUT2D eigenvalue weighted by Gasteiger charge is -2.09. The third-order valence-corrected chi connectivity index (χ3v) is 3.58. The summed E-state index contributed by atoms with van der Waals surface area (Å²) in [5.41, 5.74) is 1.98. The molecule has 1 aliphatic carbocycles. The van der Waals surface area contributed by atoms with Crippen molar-refractivity contribution in [3.63, 3.8) is 0 Å². The van der Waals surface area contributed by atoms with Crippen LogP contribution in [0.2, 0.25) is 0 Å². The van der Waals surface area contributed by atoms with Crippen LogP contribution in [0.25, 0.3) is 5.69 Å². The Kier molecular flexibility index (Phi) is 3.56. The molecule has 0 aliphatic heterocycles. The Morgan fingerprint density at radius 1 is 1.36 bits per heavy atom. The van der Waals surface area contributed by atoms with E-state index >= 15 is 0 Å². The van der Waals surface area contributed by atoms with Crippen LogP contribution in [0.3, 0.4) is 0 Å². The van der Waals surface area contributed by atoms with Crippen LogP contribution in [0.5, 0.6) is 5.75 Å². The van der Waals surface area contributed by atoms with Gasteiger partial charge in [0.15, 0.2) is 0 Å². The van der Waals surface area contributed by atoms with Crippen LogP contribution in [0.4, 0.5) is 8.78 Å². The number of carboxylic acids is 1. The molecule has 0 bridgehead atoms. The molecule has 3 rings (SSSR count). The zero-order valence-electron chi connectivity index (χ0n) is 11.8. The lowest BCUT2D eigenvalue weighted by molar-refractivity contribution is -0.0498. The number of ether oxygens (including phenoxy) is 1.